The van der Waals surface area contributed by atoms with Crippen molar-refractivity contribution in [2.45, 2.75) is 12.8 Å². The zero-order valence-corrected chi connectivity index (χ0v) is 21.8. The number of imidazole rings is 1. The summed E-state index contributed by atoms with van der Waals surface area (Å²) in [5.41, 5.74) is 4.51. The number of anilines is 1. The van der Waals surface area contributed by atoms with Gasteiger partial charge in [0.05, 0.1) is 21.9 Å². The Morgan fingerprint density at radius 1 is 0.725 bits per heavy atom. The van der Waals surface area contributed by atoms with Crippen LogP contribution >= 0.6 is 0 Å². The van der Waals surface area contributed by atoms with Gasteiger partial charge in [0.2, 0.25) is 0 Å². The summed E-state index contributed by atoms with van der Waals surface area (Å²) in [7, 11) is 0. The molecule has 198 valence electrons. The first-order chi connectivity index (χ1) is 19.6. The maximum absolute atomic E-state index is 13.4. The van der Waals surface area contributed by atoms with Crippen molar-refractivity contribution >= 4 is 55.6 Å². The Kier molecular flexibility index (Phi) is 5.90. The molecule has 2 amide bonds. The number of nitrogens with one attached hydrogen (secondary N) is 2. The van der Waals surface area contributed by atoms with Crippen molar-refractivity contribution in [1.29, 1.82) is 0 Å². The lowest BCUT2D eigenvalue weighted by molar-refractivity contribution is 0.0609. The van der Waals surface area contributed by atoms with E-state index in [0.29, 0.717) is 48.0 Å². The molecule has 0 radical (unpaired) electrons. The lowest BCUT2D eigenvalue weighted by atomic mass is 9.94. The van der Waals surface area contributed by atoms with Gasteiger partial charge in [0.1, 0.15) is 6.33 Å². The number of fused-ring (bicyclic) bond motifs is 2. The van der Waals surface area contributed by atoms with Crippen molar-refractivity contribution in [2.24, 2.45) is 0 Å². The number of nitrogens with zero attached hydrogens (tertiary/aromatic N) is 3. The van der Waals surface area contributed by atoms with Crippen LogP contribution in [0.15, 0.2) is 83.9 Å². The Balaban J connectivity index is 0.945. The predicted molar refractivity (Wildman–Crippen MR) is 158 cm³/mol. The van der Waals surface area contributed by atoms with Crippen LogP contribution in [-0.2, 0) is 0 Å². The van der Waals surface area contributed by atoms with Crippen molar-refractivity contribution in [3.63, 3.8) is 0 Å². The van der Waals surface area contributed by atoms with Gasteiger partial charge in [-0.2, -0.15) is 0 Å². The molecule has 1 aliphatic heterocycles. The number of carbonyl (C=O) groups is 2. The summed E-state index contributed by atoms with van der Waals surface area (Å²) >= 11 is 0. The normalized spacial score (nSPS) is 13.3. The molecule has 0 bridgehead atoms. The van der Waals surface area contributed by atoms with Crippen molar-refractivity contribution in [2.75, 3.05) is 31.5 Å². The Labute approximate surface area is 229 Å². The third-order valence-corrected chi connectivity index (χ3v) is 7.78. The van der Waals surface area contributed by atoms with Gasteiger partial charge in [0.25, 0.3) is 11.8 Å². The summed E-state index contributed by atoms with van der Waals surface area (Å²) in [4.78, 5) is 45.3. The second-order valence-electron chi connectivity index (χ2n) is 10.2. The maximum Gasteiger partial charge on any atom is 0.261 e. The van der Waals surface area contributed by atoms with Crippen LogP contribution in [0, 0.1) is 0 Å². The first-order valence-electron chi connectivity index (χ1n) is 13.6. The molecular weight excluding hydrogens is 502 g/mol. The molecule has 40 heavy (non-hydrogen) atoms. The van der Waals surface area contributed by atoms with Gasteiger partial charge in [-0.1, -0.05) is 36.4 Å². The monoisotopic (exact) mass is 529 g/mol. The van der Waals surface area contributed by atoms with Gasteiger partial charge < -0.3 is 10.6 Å². The van der Waals surface area contributed by atoms with E-state index in [1.807, 2.05) is 65.1 Å². The number of pyridine rings is 1. The fourth-order valence-corrected chi connectivity index (χ4v) is 5.88. The first kappa shape index (κ1) is 24.2. The maximum atomic E-state index is 13.4. The van der Waals surface area contributed by atoms with Gasteiger partial charge in [-0.3, -0.25) is 23.7 Å². The summed E-state index contributed by atoms with van der Waals surface area (Å²) in [5, 5.41) is 9.85. The number of aromatic nitrogens is 2. The van der Waals surface area contributed by atoms with Crippen LogP contribution in [0.5, 0.6) is 0 Å². The largest absolute Gasteiger partial charge is 0.384 e. The van der Waals surface area contributed by atoms with Gasteiger partial charge in [-0.05, 0) is 67.7 Å². The van der Waals surface area contributed by atoms with Gasteiger partial charge in [-0.15, -0.1) is 0 Å². The molecule has 0 atom stereocenters. The van der Waals surface area contributed by atoms with Gasteiger partial charge in [-0.25, -0.2) is 4.98 Å². The average molecular weight is 530 g/mol. The highest BCUT2D eigenvalue weighted by Gasteiger charge is 2.32. The Morgan fingerprint density at radius 2 is 1.48 bits per heavy atom. The number of hydrogen-bond acceptors (Lipinski definition) is 6. The number of rotatable bonds is 9. The molecule has 1 aliphatic rings. The minimum absolute atomic E-state index is 0.00971. The molecule has 2 aromatic heterocycles. The molecule has 8 heteroatoms. The summed E-state index contributed by atoms with van der Waals surface area (Å²) in [6, 6.07) is 22.7. The van der Waals surface area contributed by atoms with Crippen LogP contribution in [0.2, 0.25) is 0 Å². The molecule has 0 saturated carbocycles. The van der Waals surface area contributed by atoms with Crippen molar-refractivity contribution in [3.05, 3.63) is 100 Å². The second-order valence-corrected chi connectivity index (χ2v) is 10.2. The van der Waals surface area contributed by atoms with E-state index in [-0.39, 0.29) is 17.2 Å². The van der Waals surface area contributed by atoms with Crippen LogP contribution in [-0.4, -0.2) is 52.3 Å². The fraction of sp³-hybridized carbons (Fsp3) is 0.188. The number of hydrogen-bond donors (Lipinski definition) is 2. The van der Waals surface area contributed by atoms with Crippen molar-refractivity contribution in [3.8, 4) is 0 Å². The van der Waals surface area contributed by atoms with Crippen LogP contribution < -0.4 is 16.1 Å². The van der Waals surface area contributed by atoms with E-state index in [4.69, 9.17) is 0 Å². The van der Waals surface area contributed by atoms with E-state index in [2.05, 4.69) is 15.6 Å². The van der Waals surface area contributed by atoms with E-state index in [1.54, 1.807) is 18.5 Å². The molecule has 0 spiro atoms. The van der Waals surface area contributed by atoms with E-state index in [1.165, 1.54) is 4.90 Å². The molecule has 0 aliphatic carbocycles. The Morgan fingerprint density at radius 3 is 2.27 bits per heavy atom. The molecule has 7 rings (SSSR count). The lowest BCUT2D eigenvalue weighted by Crippen LogP contribution is -2.41. The zero-order valence-electron chi connectivity index (χ0n) is 21.8. The molecule has 4 aromatic carbocycles. The number of carbonyl (C=O) groups excluding carboxylic acids is 2. The quantitative estimate of drug-likeness (QED) is 0.161. The number of amides is 2. The lowest BCUT2D eigenvalue weighted by Gasteiger charge is -2.27. The highest BCUT2D eigenvalue weighted by atomic mass is 16.2. The van der Waals surface area contributed by atoms with Crippen LogP contribution in [0.3, 0.4) is 0 Å². The molecular formula is C32H27N5O3. The molecule has 0 unspecified atom stereocenters. The minimum atomic E-state index is -0.224. The summed E-state index contributed by atoms with van der Waals surface area (Å²) in [6.07, 6.45) is 3.29. The summed E-state index contributed by atoms with van der Waals surface area (Å²) in [6.45, 7) is 2.52. The first-order valence-corrected chi connectivity index (χ1v) is 13.6. The van der Waals surface area contributed by atoms with Crippen molar-refractivity contribution in [1.82, 2.24) is 19.6 Å². The number of imide groups is 1. The van der Waals surface area contributed by atoms with Crippen LogP contribution in [0.4, 0.5) is 5.69 Å². The Hall–Kier alpha value is -4.82. The van der Waals surface area contributed by atoms with Crippen LogP contribution in [0.25, 0.3) is 38.1 Å². The summed E-state index contributed by atoms with van der Waals surface area (Å²) < 4.78 is 1.99. The molecule has 3 heterocycles. The van der Waals surface area contributed by atoms with E-state index >= 15 is 0 Å². The average Bonchev–Trinajstić information content (AvgIpc) is 3.42. The van der Waals surface area contributed by atoms with Gasteiger partial charge >= 0.3 is 0 Å². The van der Waals surface area contributed by atoms with E-state index in [9.17, 15) is 14.4 Å². The Bertz CT molecular complexity index is 1950. The summed E-state index contributed by atoms with van der Waals surface area (Å²) in [5.74, 6) is -0.448. The van der Waals surface area contributed by atoms with Gasteiger partial charge in [0.15, 0.2) is 5.43 Å². The van der Waals surface area contributed by atoms with E-state index < -0.39 is 0 Å². The standard InChI is InChI=1S/C32H27N5O3/c38-30-21-9-1-2-12-26(21)37-19-35-25-14-13-24(28(30)29(25)37)34-17-5-15-33-16-6-18-36-31(39)22-10-3-7-20-8-4-11-23(27(20)22)32(36)40/h1-4,7-14,19,33-34H,5-6,15-18H2. The highest BCUT2D eigenvalue weighted by molar-refractivity contribution is 6.25. The number of benzene rings is 4. The minimum Gasteiger partial charge on any atom is -0.384 e. The molecule has 2 N–H and O–H groups in total. The molecule has 0 saturated heterocycles. The molecule has 8 nitrogen and oxygen atoms in total. The van der Waals surface area contributed by atoms with Crippen LogP contribution in [0.1, 0.15) is 33.6 Å². The topological polar surface area (TPSA) is 95.8 Å². The third kappa shape index (κ3) is 3.79. The fourth-order valence-electron chi connectivity index (χ4n) is 5.88. The smallest absolute Gasteiger partial charge is 0.261 e. The van der Waals surface area contributed by atoms with E-state index in [0.717, 1.165) is 46.0 Å². The second kappa shape index (κ2) is 9.73. The van der Waals surface area contributed by atoms with Gasteiger partial charge in [0, 0.05) is 40.7 Å². The zero-order chi connectivity index (χ0) is 27.2. The third-order valence-electron chi connectivity index (χ3n) is 7.78. The highest BCUT2D eigenvalue weighted by Crippen LogP contribution is 2.30. The number of para-hydroxylation sites is 1. The molecule has 0 fully saturated rings. The predicted octanol–water partition coefficient (Wildman–Crippen LogP) is 4.67. The molecule has 6 aromatic rings. The SMILES string of the molecule is O=C1c2cccc3cccc(c23)C(=O)N1CCCNCCCNc1ccc2ncn3c4ccccc4c(=O)c1c23. The van der Waals surface area contributed by atoms with Crippen molar-refractivity contribution < 1.29 is 9.59 Å².